The first-order valence-corrected chi connectivity index (χ1v) is 7.43. The van der Waals surface area contributed by atoms with Gasteiger partial charge < -0.3 is 0 Å². The van der Waals surface area contributed by atoms with Crippen LogP contribution in [0.25, 0.3) is 6.08 Å². The predicted molar refractivity (Wildman–Crippen MR) is 62.5 cm³/mol. The summed E-state index contributed by atoms with van der Waals surface area (Å²) >= 11 is 0. The van der Waals surface area contributed by atoms with Gasteiger partial charge >= 0.3 is 0 Å². The van der Waals surface area contributed by atoms with E-state index in [1.54, 1.807) is 0 Å². The molecule has 1 aromatic carbocycles. The number of hydrogen-bond acceptors (Lipinski definition) is 0. The zero-order valence-corrected chi connectivity index (χ0v) is 9.51. The molecule has 0 fully saturated rings. The van der Waals surface area contributed by atoms with Crippen molar-refractivity contribution in [1.29, 1.82) is 0 Å². The molecule has 0 saturated heterocycles. The fraction of sp³-hybridized carbons (Fsp3) is 0.333. The van der Waals surface area contributed by atoms with E-state index in [2.05, 4.69) is 43.9 Å². The minimum atomic E-state index is -0.0678. The Kier molecular flexibility index (Phi) is 3.97. The summed E-state index contributed by atoms with van der Waals surface area (Å²) in [4.78, 5) is 0. The highest BCUT2D eigenvalue weighted by Crippen LogP contribution is 2.08. The highest BCUT2D eigenvalue weighted by molar-refractivity contribution is 6.55. The highest BCUT2D eigenvalue weighted by atomic mass is 28.3. The van der Waals surface area contributed by atoms with Gasteiger partial charge in [-0.25, -0.2) is 0 Å². The third kappa shape index (κ3) is 3.60. The maximum atomic E-state index is 3.74. The van der Waals surface area contributed by atoms with Crippen LogP contribution in [0.4, 0.5) is 0 Å². The van der Waals surface area contributed by atoms with Gasteiger partial charge in [0.15, 0.2) is 0 Å². The van der Waals surface area contributed by atoms with Crippen LogP contribution in [0.15, 0.2) is 30.8 Å². The molecule has 0 aromatic heterocycles. The van der Waals surface area contributed by atoms with Gasteiger partial charge in [-0.1, -0.05) is 56.1 Å². The molecule has 0 amide bonds. The van der Waals surface area contributed by atoms with Crippen molar-refractivity contribution in [2.24, 2.45) is 0 Å². The summed E-state index contributed by atoms with van der Waals surface area (Å²) in [5, 5.41) is 0. The van der Waals surface area contributed by atoms with Crippen LogP contribution in [0.2, 0.25) is 19.1 Å². The van der Waals surface area contributed by atoms with Crippen LogP contribution in [0.1, 0.15) is 11.1 Å². The molecule has 1 heteroatoms. The van der Waals surface area contributed by atoms with Crippen molar-refractivity contribution in [1.82, 2.24) is 0 Å². The van der Waals surface area contributed by atoms with Crippen molar-refractivity contribution in [3.05, 3.63) is 42.0 Å². The fourth-order valence-corrected chi connectivity index (χ4v) is 2.00. The monoisotopic (exact) mass is 189 g/mol. The first kappa shape index (κ1) is 10.3. The normalized spacial score (nSPS) is 10.4. The molecule has 0 aliphatic heterocycles. The number of hydrogen-bond donors (Lipinski definition) is 0. The first-order chi connectivity index (χ1) is 6.22. The lowest BCUT2D eigenvalue weighted by Crippen LogP contribution is -2.00. The average Bonchev–Trinajstić information content (AvgIpc) is 2.15. The molecule has 0 N–H and O–H groups in total. The van der Waals surface area contributed by atoms with Crippen LogP contribution in [-0.4, -0.2) is 8.80 Å². The van der Waals surface area contributed by atoms with Gasteiger partial charge in [0.25, 0.3) is 0 Å². The van der Waals surface area contributed by atoms with Gasteiger partial charge in [0.1, 0.15) is 0 Å². The van der Waals surface area contributed by atoms with E-state index < -0.39 is 0 Å². The Bertz CT molecular complexity index is 259. The standard InChI is InChI=1S/C12H17Si/c1-4-11-5-7-12(8-6-11)9-10-13(2)3/h4-8H,1,9-10H2,2-3H3. The Morgan fingerprint density at radius 3 is 2.31 bits per heavy atom. The molecule has 0 aliphatic rings. The second kappa shape index (κ2) is 5.03. The molecule has 1 aromatic rings. The molecule has 0 saturated carbocycles. The summed E-state index contributed by atoms with van der Waals surface area (Å²) in [5.41, 5.74) is 2.67. The van der Waals surface area contributed by atoms with Crippen LogP contribution in [0.3, 0.4) is 0 Å². The Morgan fingerprint density at radius 2 is 1.85 bits per heavy atom. The molecule has 0 spiro atoms. The topological polar surface area (TPSA) is 0 Å². The summed E-state index contributed by atoms with van der Waals surface area (Å²) in [6.45, 7) is 8.47. The Hall–Kier alpha value is -0.823. The SMILES string of the molecule is C=Cc1ccc(CC[Si](C)C)cc1. The Labute approximate surface area is 82.9 Å². The average molecular weight is 189 g/mol. The minimum Gasteiger partial charge on any atom is -0.0985 e. The lowest BCUT2D eigenvalue weighted by atomic mass is 10.1. The summed E-state index contributed by atoms with van der Waals surface area (Å²) in [6.07, 6.45) is 3.12. The van der Waals surface area contributed by atoms with E-state index in [1.807, 2.05) is 6.08 Å². The van der Waals surface area contributed by atoms with E-state index in [1.165, 1.54) is 23.6 Å². The quantitative estimate of drug-likeness (QED) is 0.635. The molecule has 0 unspecified atom stereocenters. The van der Waals surface area contributed by atoms with E-state index in [0.717, 1.165) is 0 Å². The fourth-order valence-electron chi connectivity index (χ4n) is 1.21. The Morgan fingerprint density at radius 1 is 1.23 bits per heavy atom. The highest BCUT2D eigenvalue weighted by Gasteiger charge is 1.97. The Balaban J connectivity index is 2.54. The molecule has 0 nitrogen and oxygen atoms in total. The first-order valence-electron chi connectivity index (χ1n) is 4.73. The zero-order chi connectivity index (χ0) is 9.68. The summed E-state index contributed by atoms with van der Waals surface area (Å²) in [6, 6.07) is 10.1. The summed E-state index contributed by atoms with van der Waals surface area (Å²) in [7, 11) is -0.0678. The van der Waals surface area contributed by atoms with E-state index in [4.69, 9.17) is 0 Å². The van der Waals surface area contributed by atoms with Gasteiger partial charge in [-0.2, -0.15) is 0 Å². The van der Waals surface area contributed by atoms with E-state index in [9.17, 15) is 0 Å². The van der Waals surface area contributed by atoms with Crippen LogP contribution >= 0.6 is 0 Å². The zero-order valence-electron chi connectivity index (χ0n) is 8.51. The maximum absolute atomic E-state index is 3.74. The molecule has 13 heavy (non-hydrogen) atoms. The van der Waals surface area contributed by atoms with E-state index in [0.29, 0.717) is 0 Å². The van der Waals surface area contributed by atoms with Gasteiger partial charge in [0, 0.05) is 8.80 Å². The summed E-state index contributed by atoms with van der Waals surface area (Å²) < 4.78 is 0. The second-order valence-corrected chi connectivity index (χ2v) is 6.57. The number of benzene rings is 1. The van der Waals surface area contributed by atoms with Crippen molar-refractivity contribution in [2.45, 2.75) is 25.6 Å². The third-order valence-electron chi connectivity index (χ3n) is 2.13. The smallest absolute Gasteiger partial charge is 0.0416 e. The van der Waals surface area contributed by atoms with Crippen molar-refractivity contribution in [3.8, 4) is 0 Å². The lowest BCUT2D eigenvalue weighted by molar-refractivity contribution is 1.11. The van der Waals surface area contributed by atoms with Gasteiger partial charge in [-0.15, -0.1) is 0 Å². The number of rotatable bonds is 4. The molecule has 0 bridgehead atoms. The second-order valence-electron chi connectivity index (χ2n) is 3.65. The molecule has 1 rings (SSSR count). The van der Waals surface area contributed by atoms with Gasteiger partial charge in [-0.3, -0.25) is 0 Å². The molecule has 0 atom stereocenters. The van der Waals surface area contributed by atoms with Crippen LogP contribution in [-0.2, 0) is 6.42 Å². The molecular formula is C12H17Si. The predicted octanol–water partition coefficient (Wildman–Crippen LogP) is 3.63. The molecular weight excluding hydrogens is 172 g/mol. The van der Waals surface area contributed by atoms with Crippen LogP contribution < -0.4 is 0 Å². The van der Waals surface area contributed by atoms with Crippen molar-refractivity contribution >= 4 is 14.9 Å². The van der Waals surface area contributed by atoms with Gasteiger partial charge in [-0.05, 0) is 17.5 Å². The largest absolute Gasteiger partial charge is 0.0985 e. The molecule has 1 radical (unpaired) electrons. The molecule has 0 aliphatic carbocycles. The molecule has 69 valence electrons. The van der Waals surface area contributed by atoms with Crippen molar-refractivity contribution in [2.75, 3.05) is 0 Å². The number of aryl methyl sites for hydroxylation is 1. The van der Waals surface area contributed by atoms with Crippen LogP contribution in [0.5, 0.6) is 0 Å². The maximum Gasteiger partial charge on any atom is 0.0416 e. The minimum absolute atomic E-state index is 0.0678. The van der Waals surface area contributed by atoms with Crippen molar-refractivity contribution in [3.63, 3.8) is 0 Å². The summed E-state index contributed by atoms with van der Waals surface area (Å²) in [5.74, 6) is 0. The van der Waals surface area contributed by atoms with E-state index >= 15 is 0 Å². The van der Waals surface area contributed by atoms with Crippen LogP contribution in [0, 0.1) is 0 Å². The van der Waals surface area contributed by atoms with Gasteiger partial charge in [0.2, 0.25) is 0 Å². The van der Waals surface area contributed by atoms with Gasteiger partial charge in [0.05, 0.1) is 0 Å². The van der Waals surface area contributed by atoms with E-state index in [-0.39, 0.29) is 8.80 Å². The lowest BCUT2D eigenvalue weighted by Gasteiger charge is -2.03. The molecule has 0 heterocycles. The van der Waals surface area contributed by atoms with Crippen molar-refractivity contribution < 1.29 is 0 Å². The third-order valence-corrected chi connectivity index (χ3v) is 3.38.